The van der Waals surface area contributed by atoms with Gasteiger partial charge in [-0.1, -0.05) is 0 Å². The highest BCUT2D eigenvalue weighted by molar-refractivity contribution is 5.79. The van der Waals surface area contributed by atoms with Gasteiger partial charge in [0.2, 0.25) is 0 Å². The predicted molar refractivity (Wildman–Crippen MR) is 59.9 cm³/mol. The second-order valence-electron chi connectivity index (χ2n) is 4.10. The van der Waals surface area contributed by atoms with E-state index in [1.807, 2.05) is 12.1 Å². The number of rotatable bonds is 2. The number of aromatic nitrogens is 1. The fraction of sp³-hybridized carbons (Fsp3) is 0.500. The van der Waals surface area contributed by atoms with Crippen LogP contribution in [0.4, 0.5) is 5.69 Å². The van der Waals surface area contributed by atoms with Crippen LogP contribution in [0.3, 0.4) is 0 Å². The Morgan fingerprint density at radius 1 is 1.47 bits per heavy atom. The summed E-state index contributed by atoms with van der Waals surface area (Å²) in [5, 5.41) is 0. The molecule has 0 aromatic carbocycles. The van der Waals surface area contributed by atoms with Crippen LogP contribution in [0, 0.1) is 5.92 Å². The number of anilines is 1. The molecule has 1 unspecified atom stereocenters. The number of carbonyl (C=O) groups excluding carboxylic acids is 1. The lowest BCUT2D eigenvalue weighted by Crippen LogP contribution is -2.38. The molecule has 1 fully saturated rings. The van der Waals surface area contributed by atoms with Crippen molar-refractivity contribution < 1.29 is 4.79 Å². The van der Waals surface area contributed by atoms with Crippen LogP contribution in [0.15, 0.2) is 24.5 Å². The Morgan fingerprint density at radius 2 is 2.20 bits per heavy atom. The van der Waals surface area contributed by atoms with Gasteiger partial charge in [-0.05, 0) is 31.9 Å². The van der Waals surface area contributed by atoms with Crippen molar-refractivity contribution in [3.8, 4) is 0 Å². The van der Waals surface area contributed by atoms with Crippen LogP contribution in [0.5, 0.6) is 0 Å². The highest BCUT2D eigenvalue weighted by Crippen LogP contribution is 2.22. The van der Waals surface area contributed by atoms with Crippen LogP contribution >= 0.6 is 0 Å². The van der Waals surface area contributed by atoms with Crippen LogP contribution in [-0.4, -0.2) is 23.9 Å². The average molecular weight is 204 g/mol. The van der Waals surface area contributed by atoms with Crippen molar-refractivity contribution >= 4 is 11.5 Å². The summed E-state index contributed by atoms with van der Waals surface area (Å²) in [6.45, 7) is 3.61. The van der Waals surface area contributed by atoms with E-state index in [1.54, 1.807) is 19.3 Å². The number of carbonyl (C=O) groups is 1. The number of Topliss-reactive ketones (excluding diaryl/α,β-unsaturated/α-hetero) is 1. The molecule has 0 bridgehead atoms. The van der Waals surface area contributed by atoms with Gasteiger partial charge in [0, 0.05) is 37.1 Å². The van der Waals surface area contributed by atoms with E-state index in [0.717, 1.165) is 25.9 Å². The van der Waals surface area contributed by atoms with Gasteiger partial charge in [0.05, 0.1) is 0 Å². The maximum absolute atomic E-state index is 11.3. The second kappa shape index (κ2) is 4.43. The molecule has 2 rings (SSSR count). The van der Waals surface area contributed by atoms with E-state index < -0.39 is 0 Å². The molecule has 1 aromatic rings. The topological polar surface area (TPSA) is 33.2 Å². The van der Waals surface area contributed by atoms with Crippen molar-refractivity contribution in [2.75, 3.05) is 18.0 Å². The zero-order valence-electron chi connectivity index (χ0n) is 9.02. The molecule has 0 saturated carbocycles. The Bertz CT molecular complexity index is 337. The Morgan fingerprint density at radius 3 is 2.87 bits per heavy atom. The standard InChI is InChI=1S/C12H16N2O/c1-10(15)11-3-2-8-14(9-11)12-4-6-13-7-5-12/h4-7,11H,2-3,8-9H2,1H3. The van der Waals surface area contributed by atoms with E-state index >= 15 is 0 Å². The number of pyridine rings is 1. The Kier molecular flexibility index (Phi) is 2.99. The summed E-state index contributed by atoms with van der Waals surface area (Å²) >= 11 is 0. The first-order valence-electron chi connectivity index (χ1n) is 5.43. The molecule has 0 spiro atoms. The first-order valence-corrected chi connectivity index (χ1v) is 5.43. The van der Waals surface area contributed by atoms with E-state index in [0.29, 0.717) is 5.78 Å². The zero-order chi connectivity index (χ0) is 10.7. The van der Waals surface area contributed by atoms with Gasteiger partial charge in [0.1, 0.15) is 5.78 Å². The Labute approximate surface area is 90.1 Å². The van der Waals surface area contributed by atoms with Crippen molar-refractivity contribution in [1.82, 2.24) is 4.98 Å². The minimum atomic E-state index is 0.215. The lowest BCUT2D eigenvalue weighted by Gasteiger charge is -2.33. The Balaban J connectivity index is 2.08. The number of hydrogen-bond donors (Lipinski definition) is 0. The minimum absolute atomic E-state index is 0.215. The molecule has 1 aromatic heterocycles. The summed E-state index contributed by atoms with van der Waals surface area (Å²) in [6, 6.07) is 4.00. The first kappa shape index (κ1) is 10.1. The monoisotopic (exact) mass is 204 g/mol. The molecule has 1 atom stereocenters. The molecule has 1 aliphatic heterocycles. The molecule has 0 N–H and O–H groups in total. The fourth-order valence-corrected chi connectivity index (χ4v) is 2.10. The normalized spacial score (nSPS) is 21.4. The molecular weight excluding hydrogens is 188 g/mol. The van der Waals surface area contributed by atoms with Gasteiger partial charge in [-0.25, -0.2) is 0 Å². The molecule has 2 heterocycles. The van der Waals surface area contributed by atoms with Crippen LogP contribution in [0.25, 0.3) is 0 Å². The molecule has 0 amide bonds. The average Bonchev–Trinajstić information content (AvgIpc) is 2.30. The second-order valence-corrected chi connectivity index (χ2v) is 4.10. The highest BCUT2D eigenvalue weighted by Gasteiger charge is 2.22. The van der Waals surface area contributed by atoms with Crippen molar-refractivity contribution in [3.05, 3.63) is 24.5 Å². The summed E-state index contributed by atoms with van der Waals surface area (Å²) in [4.78, 5) is 17.6. The van der Waals surface area contributed by atoms with Crippen LogP contribution < -0.4 is 4.90 Å². The maximum atomic E-state index is 11.3. The molecule has 15 heavy (non-hydrogen) atoms. The third kappa shape index (κ3) is 2.35. The van der Waals surface area contributed by atoms with Gasteiger partial charge < -0.3 is 4.90 Å². The van der Waals surface area contributed by atoms with Crippen molar-refractivity contribution in [3.63, 3.8) is 0 Å². The molecule has 1 saturated heterocycles. The van der Waals surface area contributed by atoms with Gasteiger partial charge in [-0.15, -0.1) is 0 Å². The zero-order valence-corrected chi connectivity index (χ0v) is 9.02. The van der Waals surface area contributed by atoms with Crippen LogP contribution in [0.2, 0.25) is 0 Å². The third-order valence-corrected chi connectivity index (χ3v) is 3.02. The first-order chi connectivity index (χ1) is 7.27. The van der Waals surface area contributed by atoms with Gasteiger partial charge in [0.25, 0.3) is 0 Å². The van der Waals surface area contributed by atoms with Crippen molar-refractivity contribution in [1.29, 1.82) is 0 Å². The summed E-state index contributed by atoms with van der Waals surface area (Å²) in [5.41, 5.74) is 1.18. The summed E-state index contributed by atoms with van der Waals surface area (Å²) in [5.74, 6) is 0.528. The number of ketones is 1. The highest BCUT2D eigenvalue weighted by atomic mass is 16.1. The molecular formula is C12H16N2O. The van der Waals surface area contributed by atoms with E-state index in [4.69, 9.17) is 0 Å². The minimum Gasteiger partial charge on any atom is -0.371 e. The number of hydrogen-bond acceptors (Lipinski definition) is 3. The quantitative estimate of drug-likeness (QED) is 0.737. The maximum Gasteiger partial charge on any atom is 0.134 e. The summed E-state index contributed by atoms with van der Waals surface area (Å²) in [7, 11) is 0. The van der Waals surface area contributed by atoms with Gasteiger partial charge in [0.15, 0.2) is 0 Å². The third-order valence-electron chi connectivity index (χ3n) is 3.02. The molecule has 0 aliphatic carbocycles. The van der Waals surface area contributed by atoms with E-state index in [-0.39, 0.29) is 5.92 Å². The SMILES string of the molecule is CC(=O)C1CCCN(c2ccncc2)C1. The van der Waals surface area contributed by atoms with Gasteiger partial charge in [-0.2, -0.15) is 0 Å². The van der Waals surface area contributed by atoms with Crippen LogP contribution in [-0.2, 0) is 4.79 Å². The summed E-state index contributed by atoms with van der Waals surface area (Å²) < 4.78 is 0. The number of piperidine rings is 1. The van der Waals surface area contributed by atoms with Gasteiger partial charge >= 0.3 is 0 Å². The van der Waals surface area contributed by atoms with Gasteiger partial charge in [-0.3, -0.25) is 9.78 Å². The molecule has 3 heteroatoms. The molecule has 1 aliphatic rings. The van der Waals surface area contributed by atoms with Crippen molar-refractivity contribution in [2.24, 2.45) is 5.92 Å². The largest absolute Gasteiger partial charge is 0.371 e. The van der Waals surface area contributed by atoms with Crippen molar-refractivity contribution in [2.45, 2.75) is 19.8 Å². The Hall–Kier alpha value is -1.38. The molecule has 0 radical (unpaired) electrons. The molecule has 3 nitrogen and oxygen atoms in total. The van der Waals surface area contributed by atoms with E-state index in [1.165, 1.54) is 5.69 Å². The molecule has 80 valence electrons. The van der Waals surface area contributed by atoms with Crippen LogP contribution in [0.1, 0.15) is 19.8 Å². The summed E-state index contributed by atoms with van der Waals surface area (Å²) in [6.07, 6.45) is 5.74. The predicted octanol–water partition coefficient (Wildman–Crippen LogP) is 1.89. The number of nitrogens with zero attached hydrogens (tertiary/aromatic N) is 2. The smallest absolute Gasteiger partial charge is 0.134 e. The lowest BCUT2D eigenvalue weighted by atomic mass is 9.94. The fourth-order valence-electron chi connectivity index (χ4n) is 2.10. The lowest BCUT2D eigenvalue weighted by molar-refractivity contribution is -0.120. The van der Waals surface area contributed by atoms with E-state index in [9.17, 15) is 4.79 Å². The van der Waals surface area contributed by atoms with E-state index in [2.05, 4.69) is 9.88 Å².